The van der Waals surface area contributed by atoms with Crippen LogP contribution in [0.15, 0.2) is 0 Å². The molecule has 9 heteroatoms. The normalized spacial score (nSPS) is 20.2. The van der Waals surface area contributed by atoms with Crippen LogP contribution >= 0.6 is 0 Å². The quantitative estimate of drug-likeness (QED) is 0.592. The van der Waals surface area contributed by atoms with Gasteiger partial charge in [-0.2, -0.15) is 0 Å². The Morgan fingerprint density at radius 1 is 1.22 bits per heavy atom. The number of likely N-dealkylation sites (tertiary alicyclic amines) is 1. The molecule has 0 aliphatic carbocycles. The van der Waals surface area contributed by atoms with Gasteiger partial charge in [0, 0.05) is 19.4 Å². The molecule has 4 atom stereocenters. The Kier molecular flexibility index (Phi) is 8.78. The predicted molar refractivity (Wildman–Crippen MR) is 93.2 cm³/mol. The Hall–Kier alpha value is -2.06. The van der Waals surface area contributed by atoms with E-state index in [0.29, 0.717) is 12.8 Å². The maximum absolute atomic E-state index is 13.6. The standard InChI is InChI=1S/C18H28F2N2O5/c1-4-10(3)15(21-13(23)5-2)16(25)11(17(19)20)9-14(24)22-8-6-7-12(22)18(26)27/h10-12,15,17H,4-9H2,1-3H3,(H,21,23)(H,26,27)/t10-,11?,12-,15-/m0/s1. The van der Waals surface area contributed by atoms with Crippen molar-refractivity contribution in [2.45, 2.75) is 71.4 Å². The van der Waals surface area contributed by atoms with Crippen LogP contribution in [0.2, 0.25) is 0 Å². The molecule has 1 aliphatic heterocycles. The van der Waals surface area contributed by atoms with Gasteiger partial charge in [0.2, 0.25) is 18.2 Å². The second-order valence-corrected chi connectivity index (χ2v) is 6.92. The number of halogens is 2. The SMILES string of the molecule is CCC(=O)N[C@H](C(=O)C(CC(=O)N1CCC[C@H]1C(=O)O)C(F)F)[C@@H](C)CC. The average molecular weight is 390 g/mol. The van der Waals surface area contributed by atoms with E-state index < -0.39 is 54.4 Å². The summed E-state index contributed by atoms with van der Waals surface area (Å²) in [6.45, 7) is 5.19. The molecule has 0 aromatic heterocycles. The summed E-state index contributed by atoms with van der Waals surface area (Å²) in [6.07, 6.45) is -2.54. The summed E-state index contributed by atoms with van der Waals surface area (Å²) in [5.41, 5.74) is 0. The smallest absolute Gasteiger partial charge is 0.326 e. The molecule has 0 spiro atoms. The van der Waals surface area contributed by atoms with Crippen molar-refractivity contribution in [1.29, 1.82) is 0 Å². The lowest BCUT2D eigenvalue weighted by atomic mass is 9.86. The lowest BCUT2D eigenvalue weighted by Gasteiger charge is -2.28. The van der Waals surface area contributed by atoms with E-state index >= 15 is 0 Å². The summed E-state index contributed by atoms with van der Waals surface area (Å²) in [7, 11) is 0. The lowest BCUT2D eigenvalue weighted by Crippen LogP contribution is -2.50. The molecule has 154 valence electrons. The number of amides is 2. The topological polar surface area (TPSA) is 104 Å². The van der Waals surface area contributed by atoms with Gasteiger partial charge in [0.1, 0.15) is 6.04 Å². The zero-order valence-electron chi connectivity index (χ0n) is 15.9. The molecule has 1 rings (SSSR count). The number of nitrogens with one attached hydrogen (secondary N) is 1. The second-order valence-electron chi connectivity index (χ2n) is 6.92. The fourth-order valence-electron chi connectivity index (χ4n) is 3.18. The minimum atomic E-state index is -3.09. The highest BCUT2D eigenvalue weighted by Gasteiger charge is 2.41. The van der Waals surface area contributed by atoms with Gasteiger partial charge in [-0.3, -0.25) is 14.4 Å². The largest absolute Gasteiger partial charge is 0.480 e. The van der Waals surface area contributed by atoms with Gasteiger partial charge in [0.15, 0.2) is 5.78 Å². The van der Waals surface area contributed by atoms with Crippen LogP contribution in [0.1, 0.15) is 52.9 Å². The lowest BCUT2D eigenvalue weighted by molar-refractivity contribution is -0.150. The summed E-state index contributed by atoms with van der Waals surface area (Å²) in [5, 5.41) is 11.6. The Morgan fingerprint density at radius 2 is 1.85 bits per heavy atom. The number of aliphatic carboxylic acids is 1. The minimum absolute atomic E-state index is 0.104. The zero-order chi connectivity index (χ0) is 20.7. The van der Waals surface area contributed by atoms with Gasteiger partial charge >= 0.3 is 5.97 Å². The van der Waals surface area contributed by atoms with Crippen molar-refractivity contribution in [2.75, 3.05) is 6.54 Å². The number of Topliss-reactive ketones (excluding diaryl/α,β-unsaturated/α-hetero) is 1. The number of carboxylic acids is 1. The van der Waals surface area contributed by atoms with E-state index in [9.17, 15) is 28.0 Å². The van der Waals surface area contributed by atoms with Crippen LogP contribution in [0, 0.1) is 11.8 Å². The van der Waals surface area contributed by atoms with Gasteiger partial charge < -0.3 is 15.3 Å². The Labute approximate surface area is 157 Å². The number of carboxylic acid groups (broad SMARTS) is 1. The minimum Gasteiger partial charge on any atom is -0.480 e. The van der Waals surface area contributed by atoms with E-state index in [-0.39, 0.29) is 25.3 Å². The molecule has 1 heterocycles. The number of carbonyl (C=O) groups is 4. The van der Waals surface area contributed by atoms with E-state index in [1.807, 2.05) is 0 Å². The number of hydrogen-bond donors (Lipinski definition) is 2. The highest BCUT2D eigenvalue weighted by Crippen LogP contribution is 2.25. The molecule has 1 unspecified atom stereocenters. The highest BCUT2D eigenvalue weighted by atomic mass is 19.3. The first-order valence-electron chi connectivity index (χ1n) is 9.27. The van der Waals surface area contributed by atoms with Crippen LogP contribution in [0.3, 0.4) is 0 Å². The molecule has 7 nitrogen and oxygen atoms in total. The Bertz CT molecular complexity index is 570. The van der Waals surface area contributed by atoms with Crippen molar-refractivity contribution in [3.63, 3.8) is 0 Å². The van der Waals surface area contributed by atoms with Crippen molar-refractivity contribution in [3.05, 3.63) is 0 Å². The van der Waals surface area contributed by atoms with Crippen LogP contribution in [0.25, 0.3) is 0 Å². The molecular formula is C18H28F2N2O5. The van der Waals surface area contributed by atoms with Gasteiger partial charge in [-0.1, -0.05) is 27.2 Å². The average Bonchev–Trinajstić information content (AvgIpc) is 3.12. The van der Waals surface area contributed by atoms with Gasteiger partial charge in [0.25, 0.3) is 0 Å². The summed E-state index contributed by atoms with van der Waals surface area (Å²) < 4.78 is 27.2. The number of nitrogens with zero attached hydrogens (tertiary/aromatic N) is 1. The predicted octanol–water partition coefficient (Wildman–Crippen LogP) is 1.84. The third-order valence-corrected chi connectivity index (χ3v) is 5.08. The molecule has 1 fully saturated rings. The van der Waals surface area contributed by atoms with Crippen LogP contribution in [-0.2, 0) is 19.2 Å². The molecule has 0 bridgehead atoms. The number of ketones is 1. The van der Waals surface area contributed by atoms with E-state index in [4.69, 9.17) is 5.11 Å². The second kappa shape index (κ2) is 10.3. The first-order valence-corrected chi connectivity index (χ1v) is 9.27. The maximum Gasteiger partial charge on any atom is 0.326 e. The Balaban J connectivity index is 2.97. The van der Waals surface area contributed by atoms with E-state index in [0.717, 1.165) is 4.90 Å². The van der Waals surface area contributed by atoms with Crippen molar-refractivity contribution in [2.24, 2.45) is 11.8 Å². The van der Waals surface area contributed by atoms with Gasteiger partial charge in [-0.25, -0.2) is 13.6 Å². The summed E-state index contributed by atoms with van der Waals surface area (Å²) in [5.74, 6) is -5.54. The van der Waals surface area contributed by atoms with Crippen LogP contribution in [0.5, 0.6) is 0 Å². The maximum atomic E-state index is 13.6. The molecule has 1 saturated heterocycles. The summed E-state index contributed by atoms with van der Waals surface area (Å²) in [4.78, 5) is 49.1. The Morgan fingerprint density at radius 3 is 2.33 bits per heavy atom. The van der Waals surface area contributed by atoms with Crippen molar-refractivity contribution in [1.82, 2.24) is 10.2 Å². The van der Waals surface area contributed by atoms with E-state index in [2.05, 4.69) is 5.32 Å². The molecule has 2 amide bonds. The van der Waals surface area contributed by atoms with Crippen molar-refractivity contribution >= 4 is 23.6 Å². The van der Waals surface area contributed by atoms with Gasteiger partial charge in [-0.15, -0.1) is 0 Å². The summed E-state index contributed by atoms with van der Waals surface area (Å²) in [6, 6.07) is -2.15. The molecular weight excluding hydrogens is 362 g/mol. The monoisotopic (exact) mass is 390 g/mol. The molecule has 0 aromatic rings. The van der Waals surface area contributed by atoms with Crippen LogP contribution in [-0.4, -0.2) is 58.6 Å². The third kappa shape index (κ3) is 5.97. The van der Waals surface area contributed by atoms with Crippen LogP contribution in [0.4, 0.5) is 8.78 Å². The fourth-order valence-corrected chi connectivity index (χ4v) is 3.18. The zero-order valence-corrected chi connectivity index (χ0v) is 15.9. The number of carbonyl (C=O) groups excluding carboxylic acids is 3. The highest BCUT2D eigenvalue weighted by molar-refractivity contribution is 5.94. The van der Waals surface area contributed by atoms with Crippen molar-refractivity contribution in [3.8, 4) is 0 Å². The number of rotatable bonds is 10. The molecule has 2 N–H and O–H groups in total. The number of alkyl halides is 2. The van der Waals surface area contributed by atoms with E-state index in [1.165, 1.54) is 0 Å². The first kappa shape index (κ1) is 23.0. The molecule has 0 radical (unpaired) electrons. The third-order valence-electron chi connectivity index (χ3n) is 5.08. The molecule has 0 aromatic carbocycles. The molecule has 27 heavy (non-hydrogen) atoms. The number of hydrogen-bond acceptors (Lipinski definition) is 4. The van der Waals surface area contributed by atoms with Gasteiger partial charge in [0.05, 0.1) is 12.0 Å². The summed E-state index contributed by atoms with van der Waals surface area (Å²) >= 11 is 0. The van der Waals surface area contributed by atoms with Crippen LogP contribution < -0.4 is 5.32 Å². The van der Waals surface area contributed by atoms with E-state index in [1.54, 1.807) is 20.8 Å². The molecule has 0 saturated carbocycles. The molecule has 1 aliphatic rings. The van der Waals surface area contributed by atoms with Crippen molar-refractivity contribution < 1.29 is 33.1 Å². The first-order chi connectivity index (χ1) is 12.6. The fraction of sp³-hybridized carbons (Fsp3) is 0.778. The van der Waals surface area contributed by atoms with Gasteiger partial charge in [-0.05, 0) is 18.8 Å².